The van der Waals surface area contributed by atoms with Crippen molar-refractivity contribution in [3.8, 4) is 9.75 Å². The van der Waals surface area contributed by atoms with Crippen molar-refractivity contribution < 1.29 is 17.9 Å². The monoisotopic (exact) mass is 343 g/mol. The molecule has 0 unspecified atom stereocenters. The summed E-state index contributed by atoms with van der Waals surface area (Å²) in [4.78, 5) is 13.9. The van der Waals surface area contributed by atoms with Crippen molar-refractivity contribution in [1.29, 1.82) is 0 Å². The van der Waals surface area contributed by atoms with Crippen LogP contribution >= 0.6 is 22.7 Å². The highest BCUT2D eigenvalue weighted by Crippen LogP contribution is 2.48. The van der Waals surface area contributed by atoms with Crippen molar-refractivity contribution in [3.05, 3.63) is 22.9 Å². The first-order chi connectivity index (χ1) is 10.1. The smallest absolute Gasteiger partial charge is 0.428 e. The lowest BCUT2D eigenvalue weighted by Gasteiger charge is -2.25. The topological polar surface area (TPSA) is 63.7 Å². The Labute approximate surface area is 130 Å². The van der Waals surface area contributed by atoms with Crippen molar-refractivity contribution in [2.75, 3.05) is 10.9 Å². The van der Waals surface area contributed by atoms with Gasteiger partial charge in [-0.15, -0.1) is 22.7 Å². The van der Waals surface area contributed by atoms with Gasteiger partial charge in [-0.25, -0.2) is 13.2 Å². The van der Waals surface area contributed by atoms with Gasteiger partial charge in [0.05, 0.1) is 22.0 Å². The first-order valence-corrected chi connectivity index (χ1v) is 9.64. The molecule has 112 valence electrons. The fourth-order valence-corrected chi connectivity index (χ4v) is 6.04. The van der Waals surface area contributed by atoms with E-state index in [-0.39, 0.29) is 11.5 Å². The maximum Gasteiger partial charge on any atom is 0.428 e. The molecule has 0 N–H and O–H groups in total. The van der Waals surface area contributed by atoms with Crippen LogP contribution in [-0.2, 0) is 14.8 Å². The maximum atomic E-state index is 12.6. The second kappa shape index (κ2) is 5.43. The summed E-state index contributed by atoms with van der Waals surface area (Å²) in [6.07, 6.45) is 0.748. The van der Waals surface area contributed by atoms with Crippen LogP contribution in [0.15, 0.2) is 27.8 Å². The van der Waals surface area contributed by atoms with Gasteiger partial charge in [-0.3, -0.25) is 0 Å². The number of hydrogen-bond donors (Lipinski definition) is 0. The molecule has 0 radical (unpaired) electrons. The molecule has 0 saturated carbocycles. The molecule has 0 bridgehead atoms. The van der Waals surface area contributed by atoms with E-state index in [1.165, 1.54) is 28.7 Å². The summed E-state index contributed by atoms with van der Waals surface area (Å²) in [5.74, 6) is 0. The van der Waals surface area contributed by atoms with Crippen molar-refractivity contribution >= 4 is 44.5 Å². The molecule has 0 spiro atoms. The van der Waals surface area contributed by atoms with Crippen LogP contribution in [0.1, 0.15) is 19.8 Å². The lowest BCUT2D eigenvalue weighted by atomic mass is 10.3. The number of hydrogen-bond acceptors (Lipinski definition) is 6. The number of rotatable bonds is 3. The first-order valence-electron chi connectivity index (χ1n) is 6.44. The maximum absolute atomic E-state index is 12.6. The second-order valence-corrected chi connectivity index (χ2v) is 8.07. The minimum Gasteiger partial charge on any atom is -0.448 e. The van der Waals surface area contributed by atoms with Crippen LogP contribution in [0.3, 0.4) is 0 Å². The zero-order valence-electron chi connectivity index (χ0n) is 11.2. The fraction of sp³-hybridized carbons (Fsp3) is 0.308. The van der Waals surface area contributed by atoms with E-state index in [1.807, 2.05) is 6.92 Å². The molecule has 0 atom stereocenters. The Kier molecular flexibility index (Phi) is 3.76. The SMILES string of the molecule is CCCCOC(=O)N1c2ccsc2-c2sccc2S1(=O)=O. The van der Waals surface area contributed by atoms with Gasteiger partial charge < -0.3 is 4.74 Å². The predicted molar refractivity (Wildman–Crippen MR) is 83.6 cm³/mol. The minimum atomic E-state index is -3.88. The molecule has 2 aromatic heterocycles. The van der Waals surface area contributed by atoms with Crippen molar-refractivity contribution in [1.82, 2.24) is 0 Å². The third kappa shape index (κ3) is 2.27. The Morgan fingerprint density at radius 1 is 1.24 bits per heavy atom. The van der Waals surface area contributed by atoms with E-state index in [0.29, 0.717) is 17.0 Å². The van der Waals surface area contributed by atoms with Crippen LogP contribution in [0.2, 0.25) is 0 Å². The summed E-state index contributed by atoms with van der Waals surface area (Å²) in [7, 11) is -3.88. The number of thiophene rings is 2. The van der Waals surface area contributed by atoms with E-state index in [9.17, 15) is 13.2 Å². The average Bonchev–Trinajstić information content (AvgIpc) is 3.06. The molecule has 3 rings (SSSR count). The number of nitrogens with zero attached hydrogens (tertiary/aromatic N) is 1. The molecular weight excluding hydrogens is 330 g/mol. The number of carbonyl (C=O) groups excluding carboxylic acids is 1. The van der Waals surface area contributed by atoms with Gasteiger partial charge in [0, 0.05) is 0 Å². The van der Waals surface area contributed by atoms with E-state index in [1.54, 1.807) is 16.8 Å². The highest BCUT2D eigenvalue weighted by atomic mass is 32.2. The largest absolute Gasteiger partial charge is 0.448 e. The highest BCUT2D eigenvalue weighted by molar-refractivity contribution is 7.94. The molecule has 3 heterocycles. The van der Waals surface area contributed by atoms with Gasteiger partial charge in [0.1, 0.15) is 4.90 Å². The molecule has 0 fully saturated rings. The quantitative estimate of drug-likeness (QED) is 0.792. The van der Waals surface area contributed by atoms with Gasteiger partial charge in [-0.05, 0) is 29.3 Å². The first kappa shape index (κ1) is 14.6. The van der Waals surface area contributed by atoms with E-state index < -0.39 is 16.1 Å². The summed E-state index contributed by atoms with van der Waals surface area (Å²) in [5, 5.41) is 3.50. The number of amides is 1. The summed E-state index contributed by atoms with van der Waals surface area (Å²) in [5.41, 5.74) is 0.386. The number of anilines is 1. The van der Waals surface area contributed by atoms with Gasteiger partial charge in [-0.2, -0.15) is 4.31 Å². The summed E-state index contributed by atoms with van der Waals surface area (Å²) < 4.78 is 31.1. The highest BCUT2D eigenvalue weighted by Gasteiger charge is 2.41. The lowest BCUT2D eigenvalue weighted by Crippen LogP contribution is -2.39. The van der Waals surface area contributed by atoms with Gasteiger partial charge in [-0.1, -0.05) is 13.3 Å². The Bertz CT molecular complexity index is 775. The third-order valence-corrected chi connectivity index (χ3v) is 6.94. The van der Waals surface area contributed by atoms with Crippen molar-refractivity contribution in [3.63, 3.8) is 0 Å². The van der Waals surface area contributed by atoms with Gasteiger partial charge in [0.2, 0.25) is 0 Å². The summed E-state index contributed by atoms with van der Waals surface area (Å²) in [6.45, 7) is 2.19. The standard InChI is InChI=1S/C13H13NO4S3/c1-2-3-6-18-13(15)14-9-4-7-19-11(9)12-10(5-8-20-12)21(14,16)17/h4-5,7-8H,2-3,6H2,1H3. The van der Waals surface area contributed by atoms with E-state index in [4.69, 9.17) is 4.74 Å². The fourth-order valence-electron chi connectivity index (χ4n) is 2.09. The van der Waals surface area contributed by atoms with Crippen LogP contribution < -0.4 is 4.31 Å². The molecule has 5 nitrogen and oxygen atoms in total. The number of carbonyl (C=O) groups is 1. The molecule has 0 aromatic carbocycles. The van der Waals surface area contributed by atoms with Gasteiger partial charge in [0.25, 0.3) is 10.0 Å². The third-order valence-electron chi connectivity index (χ3n) is 3.11. The number of ether oxygens (including phenoxy) is 1. The molecule has 2 aromatic rings. The summed E-state index contributed by atoms with van der Waals surface area (Å²) in [6, 6.07) is 3.17. The molecule has 1 aliphatic heterocycles. The van der Waals surface area contributed by atoms with Crippen LogP contribution in [0.4, 0.5) is 10.5 Å². The van der Waals surface area contributed by atoms with Crippen LogP contribution in [0.25, 0.3) is 9.75 Å². The molecule has 21 heavy (non-hydrogen) atoms. The second-order valence-electron chi connectivity index (χ2n) is 4.49. The Hall–Kier alpha value is -1.38. The Balaban J connectivity index is 2.04. The average molecular weight is 343 g/mol. The van der Waals surface area contributed by atoms with Crippen LogP contribution in [0, 0.1) is 0 Å². The number of fused-ring (bicyclic) bond motifs is 3. The zero-order chi connectivity index (χ0) is 15.0. The minimum absolute atomic E-state index is 0.176. The van der Waals surface area contributed by atoms with Gasteiger partial charge >= 0.3 is 6.09 Å². The Morgan fingerprint density at radius 2 is 1.95 bits per heavy atom. The van der Waals surface area contributed by atoms with E-state index in [2.05, 4.69) is 0 Å². The zero-order valence-corrected chi connectivity index (χ0v) is 13.7. The molecule has 1 aliphatic rings. The van der Waals surface area contributed by atoms with Crippen molar-refractivity contribution in [2.45, 2.75) is 24.7 Å². The molecule has 1 amide bonds. The van der Waals surface area contributed by atoms with Crippen LogP contribution in [0.5, 0.6) is 0 Å². The van der Waals surface area contributed by atoms with Crippen molar-refractivity contribution in [2.24, 2.45) is 0 Å². The normalized spacial score (nSPS) is 15.4. The molecule has 0 aliphatic carbocycles. The number of unbranched alkanes of at least 4 members (excludes halogenated alkanes) is 1. The van der Waals surface area contributed by atoms with E-state index in [0.717, 1.165) is 15.6 Å². The number of sulfonamides is 1. The van der Waals surface area contributed by atoms with Crippen LogP contribution in [-0.4, -0.2) is 21.1 Å². The molecule has 0 saturated heterocycles. The Morgan fingerprint density at radius 3 is 2.71 bits per heavy atom. The lowest BCUT2D eigenvalue weighted by molar-refractivity contribution is 0.156. The predicted octanol–water partition coefficient (Wildman–Crippen LogP) is 3.92. The molecular formula is C13H13NO4S3. The molecule has 8 heteroatoms. The van der Waals surface area contributed by atoms with Gasteiger partial charge in [0.15, 0.2) is 0 Å². The summed E-state index contributed by atoms with van der Waals surface area (Å²) >= 11 is 2.78. The van der Waals surface area contributed by atoms with E-state index >= 15 is 0 Å².